The van der Waals surface area contributed by atoms with Gasteiger partial charge in [0.2, 0.25) is 6.10 Å². The monoisotopic (exact) mass is 611 g/mol. The molecule has 0 saturated heterocycles. The lowest BCUT2D eigenvalue weighted by Crippen LogP contribution is -2.30. The second kappa shape index (κ2) is 12.1. The molecule has 12 heteroatoms. The van der Waals surface area contributed by atoms with Crippen molar-refractivity contribution in [1.29, 1.82) is 0 Å². The van der Waals surface area contributed by atoms with Gasteiger partial charge in [-0.2, -0.15) is 0 Å². The minimum Gasteiger partial charge on any atom is -0.478 e. The summed E-state index contributed by atoms with van der Waals surface area (Å²) < 4.78 is 7.37. The number of ether oxygens (including phenoxy) is 1. The summed E-state index contributed by atoms with van der Waals surface area (Å²) in [5.74, 6) is -1.29. The minimum absolute atomic E-state index is 0.0480. The van der Waals surface area contributed by atoms with Crippen LogP contribution in [0.2, 0.25) is 5.02 Å². The topological polar surface area (TPSA) is 149 Å². The first kappa shape index (κ1) is 28.8. The van der Waals surface area contributed by atoms with E-state index in [2.05, 4.69) is 27.8 Å². The number of hydrogen-bond donors (Lipinski definition) is 2. The van der Waals surface area contributed by atoms with E-state index in [1.807, 2.05) is 12.1 Å². The van der Waals surface area contributed by atoms with E-state index in [4.69, 9.17) is 16.3 Å². The van der Waals surface area contributed by atoms with Gasteiger partial charge < -0.3 is 15.2 Å². The Kier molecular flexibility index (Phi) is 7.95. The van der Waals surface area contributed by atoms with E-state index < -0.39 is 17.0 Å². The van der Waals surface area contributed by atoms with Crippen molar-refractivity contribution in [3.8, 4) is 5.75 Å². The Morgan fingerprint density at radius 2 is 1.93 bits per heavy atom. The lowest BCUT2D eigenvalue weighted by atomic mass is 9.87. The summed E-state index contributed by atoms with van der Waals surface area (Å²) in [5, 5.41) is 33.0. The molecule has 11 nitrogen and oxygen atoms in total. The summed E-state index contributed by atoms with van der Waals surface area (Å²) in [4.78, 5) is 35.7. The SMILES string of the molecule is O=C(NC1CCCc2ccccc21)c1ccc2c(c1)nnn2Cc1cc(OC(C(=O)O)c2cccc([N+](=O)[O-])c2)ccc1Cl. The van der Waals surface area contributed by atoms with Gasteiger partial charge in [0.15, 0.2) is 0 Å². The average molecular weight is 612 g/mol. The van der Waals surface area contributed by atoms with Crippen LogP contribution in [0.25, 0.3) is 11.0 Å². The van der Waals surface area contributed by atoms with Gasteiger partial charge in [0, 0.05) is 28.3 Å². The van der Waals surface area contributed by atoms with Crippen LogP contribution in [0.5, 0.6) is 5.75 Å². The number of nitrogens with zero attached hydrogens (tertiary/aromatic N) is 4. The van der Waals surface area contributed by atoms with Gasteiger partial charge in [0.1, 0.15) is 11.3 Å². The predicted octanol–water partition coefficient (Wildman–Crippen LogP) is 6.05. The van der Waals surface area contributed by atoms with E-state index in [1.54, 1.807) is 35.0 Å². The number of carbonyl (C=O) groups is 2. The lowest BCUT2D eigenvalue weighted by Gasteiger charge is -2.26. The molecule has 1 amide bonds. The zero-order chi connectivity index (χ0) is 30.8. The van der Waals surface area contributed by atoms with E-state index in [9.17, 15) is 24.8 Å². The highest BCUT2D eigenvalue weighted by atomic mass is 35.5. The molecular weight excluding hydrogens is 586 g/mol. The molecule has 1 heterocycles. The average Bonchev–Trinajstić information content (AvgIpc) is 3.43. The van der Waals surface area contributed by atoms with Crippen LogP contribution in [0.3, 0.4) is 0 Å². The number of carboxylic acids is 1. The van der Waals surface area contributed by atoms with Crippen molar-refractivity contribution in [2.24, 2.45) is 0 Å². The first-order valence-electron chi connectivity index (χ1n) is 13.9. The fourth-order valence-corrected chi connectivity index (χ4v) is 5.66. The summed E-state index contributed by atoms with van der Waals surface area (Å²) >= 11 is 6.47. The Balaban J connectivity index is 1.20. The summed E-state index contributed by atoms with van der Waals surface area (Å²) in [6.45, 7) is 0.186. The molecule has 5 aromatic rings. The van der Waals surface area contributed by atoms with Crippen molar-refractivity contribution in [3.63, 3.8) is 0 Å². The molecule has 44 heavy (non-hydrogen) atoms. The van der Waals surface area contributed by atoms with Crippen LogP contribution in [0.1, 0.15) is 57.6 Å². The highest BCUT2D eigenvalue weighted by Crippen LogP contribution is 2.31. The highest BCUT2D eigenvalue weighted by Gasteiger charge is 2.25. The quantitative estimate of drug-likeness (QED) is 0.151. The lowest BCUT2D eigenvalue weighted by molar-refractivity contribution is -0.385. The van der Waals surface area contributed by atoms with E-state index in [0.29, 0.717) is 27.2 Å². The zero-order valence-electron chi connectivity index (χ0n) is 23.2. The molecule has 6 rings (SSSR count). The molecule has 0 spiro atoms. The van der Waals surface area contributed by atoms with Crippen LogP contribution >= 0.6 is 11.6 Å². The number of aryl methyl sites for hydroxylation is 1. The number of nitrogens with one attached hydrogen (secondary N) is 1. The van der Waals surface area contributed by atoms with Crippen molar-refractivity contribution >= 4 is 40.2 Å². The summed E-state index contributed by atoms with van der Waals surface area (Å²) in [6, 6.07) is 23.3. The molecule has 2 atom stereocenters. The van der Waals surface area contributed by atoms with Gasteiger partial charge in [-0.25, -0.2) is 9.48 Å². The second-order valence-electron chi connectivity index (χ2n) is 10.5. The van der Waals surface area contributed by atoms with Gasteiger partial charge in [0.25, 0.3) is 11.6 Å². The van der Waals surface area contributed by atoms with E-state index in [1.165, 1.54) is 35.9 Å². The maximum Gasteiger partial charge on any atom is 0.349 e. The van der Waals surface area contributed by atoms with Gasteiger partial charge in [-0.15, -0.1) is 5.10 Å². The molecule has 0 saturated carbocycles. The van der Waals surface area contributed by atoms with Crippen LogP contribution in [0, 0.1) is 10.1 Å². The smallest absolute Gasteiger partial charge is 0.349 e. The Hall–Kier alpha value is -5.29. The first-order chi connectivity index (χ1) is 21.3. The highest BCUT2D eigenvalue weighted by molar-refractivity contribution is 6.31. The number of amides is 1. The summed E-state index contributed by atoms with van der Waals surface area (Å²) in [6.07, 6.45) is 1.41. The van der Waals surface area contributed by atoms with Crippen LogP contribution in [-0.4, -0.2) is 36.9 Å². The first-order valence-corrected chi connectivity index (χ1v) is 14.3. The molecule has 222 valence electrons. The third-order valence-corrected chi connectivity index (χ3v) is 8.02. The normalized spacial score (nSPS) is 14.9. The molecule has 1 aliphatic rings. The number of benzene rings is 4. The van der Waals surface area contributed by atoms with Crippen molar-refractivity contribution in [3.05, 3.63) is 128 Å². The number of aromatic nitrogens is 3. The standard InChI is InChI=1S/C32H26ClN5O6/c33-26-13-12-24(44-30(32(40)41)20-7-3-8-23(15-20)38(42)43)16-22(26)18-37-29-14-11-21(17-28(29)35-36-37)31(39)34-27-10-4-6-19-5-1-2-9-25(19)27/h1-3,5,7-9,11-17,27,30H,4,6,10,18H2,(H,34,39)(H,40,41). The van der Waals surface area contributed by atoms with Crippen molar-refractivity contribution < 1.29 is 24.4 Å². The van der Waals surface area contributed by atoms with Crippen molar-refractivity contribution in [2.75, 3.05) is 0 Å². The maximum absolute atomic E-state index is 13.2. The number of halogens is 1. The van der Waals surface area contributed by atoms with Gasteiger partial charge >= 0.3 is 5.97 Å². The number of nitro benzene ring substituents is 1. The second-order valence-corrected chi connectivity index (χ2v) is 10.9. The number of nitro groups is 1. The number of carboxylic acid groups (broad SMARTS) is 1. The molecule has 4 aromatic carbocycles. The number of rotatable bonds is 9. The van der Waals surface area contributed by atoms with E-state index >= 15 is 0 Å². The molecule has 1 aromatic heterocycles. The number of non-ortho nitro benzene ring substituents is 1. The Morgan fingerprint density at radius 3 is 2.75 bits per heavy atom. The summed E-state index contributed by atoms with van der Waals surface area (Å²) in [5.41, 5.74) is 4.55. The van der Waals surface area contributed by atoms with Gasteiger partial charge in [-0.05, 0) is 72.4 Å². The van der Waals surface area contributed by atoms with Crippen LogP contribution < -0.4 is 10.1 Å². The number of aliphatic carboxylic acids is 1. The van der Waals surface area contributed by atoms with Gasteiger partial charge in [-0.3, -0.25) is 14.9 Å². The van der Waals surface area contributed by atoms with Crippen molar-refractivity contribution in [2.45, 2.75) is 38.0 Å². The third kappa shape index (κ3) is 5.95. The van der Waals surface area contributed by atoms with Crippen LogP contribution in [-0.2, 0) is 17.8 Å². The Morgan fingerprint density at radius 1 is 1.09 bits per heavy atom. The molecular formula is C32H26ClN5O6. The van der Waals surface area contributed by atoms with Crippen molar-refractivity contribution in [1.82, 2.24) is 20.3 Å². The molecule has 1 aliphatic carbocycles. The fourth-order valence-electron chi connectivity index (χ4n) is 5.48. The summed E-state index contributed by atoms with van der Waals surface area (Å²) in [7, 11) is 0. The molecule has 0 aliphatic heterocycles. The molecule has 2 N–H and O–H groups in total. The molecule has 0 bridgehead atoms. The third-order valence-electron chi connectivity index (χ3n) is 7.65. The van der Waals surface area contributed by atoms with Gasteiger partial charge in [0.05, 0.1) is 23.0 Å². The van der Waals surface area contributed by atoms with Gasteiger partial charge in [-0.1, -0.05) is 53.2 Å². The Labute approximate surface area is 256 Å². The van der Waals surface area contributed by atoms with E-state index in [0.717, 1.165) is 24.8 Å². The minimum atomic E-state index is -1.48. The predicted molar refractivity (Wildman–Crippen MR) is 162 cm³/mol. The van der Waals surface area contributed by atoms with E-state index in [-0.39, 0.29) is 35.5 Å². The number of hydrogen-bond acceptors (Lipinski definition) is 7. The molecule has 0 radical (unpaired) electrons. The maximum atomic E-state index is 13.2. The Bertz CT molecular complexity index is 1910. The van der Waals surface area contributed by atoms with Crippen LogP contribution in [0.15, 0.2) is 84.9 Å². The van der Waals surface area contributed by atoms with Crippen LogP contribution in [0.4, 0.5) is 5.69 Å². The molecule has 0 fully saturated rings. The zero-order valence-corrected chi connectivity index (χ0v) is 24.0. The number of carbonyl (C=O) groups excluding carboxylic acids is 1. The largest absolute Gasteiger partial charge is 0.478 e. The number of fused-ring (bicyclic) bond motifs is 2. The fraction of sp³-hybridized carbons (Fsp3) is 0.188. The molecule has 2 unspecified atom stereocenters.